The molecule has 0 radical (unpaired) electrons. The number of hydrogen-bond acceptors (Lipinski definition) is 4. The fraction of sp³-hybridized carbons (Fsp3) is 0.455. The summed E-state index contributed by atoms with van der Waals surface area (Å²) in [5.41, 5.74) is 5.78. The highest BCUT2D eigenvalue weighted by Gasteiger charge is 2.24. The molecule has 1 aromatic carbocycles. The van der Waals surface area contributed by atoms with E-state index in [-0.39, 0.29) is 5.69 Å². The molecule has 0 bridgehead atoms. The Labute approximate surface area is 120 Å². The quantitative estimate of drug-likeness (QED) is 0.815. The van der Waals surface area contributed by atoms with Crippen molar-refractivity contribution in [3.63, 3.8) is 0 Å². The molecule has 0 spiro atoms. The standard InChI is InChI=1S/C11H15BrFN3O2S/c12-8-6-9(13)11(7-10(8)14)19(17,18)15-16-4-2-1-3-5-16/h6-7,15H,1-5,14H2. The Balaban J connectivity index is 2.26. The van der Waals surface area contributed by atoms with Crippen LogP contribution >= 0.6 is 15.9 Å². The van der Waals surface area contributed by atoms with Gasteiger partial charge < -0.3 is 5.73 Å². The first-order chi connectivity index (χ1) is 8.90. The molecule has 2 rings (SSSR count). The first kappa shape index (κ1) is 14.7. The first-order valence-corrected chi connectivity index (χ1v) is 8.20. The van der Waals surface area contributed by atoms with Crippen LogP contribution in [0.15, 0.2) is 21.5 Å². The maximum atomic E-state index is 13.8. The predicted octanol–water partition coefficient (Wildman–Crippen LogP) is 1.85. The molecule has 8 heteroatoms. The van der Waals surface area contributed by atoms with Crippen LogP contribution in [0.3, 0.4) is 0 Å². The molecular weight excluding hydrogens is 337 g/mol. The molecule has 19 heavy (non-hydrogen) atoms. The second-order valence-electron chi connectivity index (χ2n) is 4.45. The Kier molecular flexibility index (Phi) is 4.44. The third kappa shape index (κ3) is 3.44. The molecule has 1 fully saturated rings. The van der Waals surface area contributed by atoms with Crippen molar-refractivity contribution in [2.75, 3.05) is 18.8 Å². The minimum atomic E-state index is -3.93. The van der Waals surface area contributed by atoms with Crippen molar-refractivity contribution < 1.29 is 12.8 Å². The lowest BCUT2D eigenvalue weighted by molar-refractivity contribution is 0.199. The zero-order valence-corrected chi connectivity index (χ0v) is 12.6. The number of nitrogen functional groups attached to an aromatic ring is 1. The first-order valence-electron chi connectivity index (χ1n) is 5.92. The molecule has 0 unspecified atom stereocenters. The number of anilines is 1. The summed E-state index contributed by atoms with van der Waals surface area (Å²) in [6, 6.07) is 2.17. The maximum Gasteiger partial charge on any atom is 0.256 e. The zero-order valence-electron chi connectivity index (χ0n) is 10.2. The van der Waals surface area contributed by atoms with Crippen LogP contribution < -0.4 is 10.6 Å². The van der Waals surface area contributed by atoms with E-state index in [0.29, 0.717) is 17.6 Å². The second-order valence-corrected chi connectivity index (χ2v) is 6.93. The number of nitrogens with one attached hydrogen (secondary N) is 1. The summed E-state index contributed by atoms with van der Waals surface area (Å²) in [6.07, 6.45) is 2.93. The van der Waals surface area contributed by atoms with Crippen LogP contribution in [0.25, 0.3) is 0 Å². The van der Waals surface area contributed by atoms with E-state index in [1.165, 1.54) is 0 Å². The van der Waals surface area contributed by atoms with Crippen molar-refractivity contribution in [3.05, 3.63) is 22.4 Å². The second kappa shape index (κ2) is 5.74. The minimum Gasteiger partial charge on any atom is -0.398 e. The van der Waals surface area contributed by atoms with E-state index < -0.39 is 20.7 Å². The van der Waals surface area contributed by atoms with E-state index in [1.807, 2.05) is 0 Å². The van der Waals surface area contributed by atoms with Gasteiger partial charge in [0.15, 0.2) is 0 Å². The molecule has 1 aromatic rings. The van der Waals surface area contributed by atoms with Gasteiger partial charge >= 0.3 is 0 Å². The van der Waals surface area contributed by atoms with Gasteiger partial charge in [-0.15, -0.1) is 4.83 Å². The van der Waals surface area contributed by atoms with E-state index in [0.717, 1.165) is 31.4 Å². The van der Waals surface area contributed by atoms with Crippen LogP contribution in [-0.2, 0) is 10.0 Å². The van der Waals surface area contributed by atoms with Gasteiger partial charge in [0.25, 0.3) is 10.0 Å². The number of hydrogen-bond donors (Lipinski definition) is 2. The Morgan fingerprint density at radius 3 is 2.53 bits per heavy atom. The lowest BCUT2D eigenvalue weighted by Gasteiger charge is -2.26. The van der Waals surface area contributed by atoms with Crippen LogP contribution in [0.1, 0.15) is 19.3 Å². The summed E-state index contributed by atoms with van der Waals surface area (Å²) < 4.78 is 38.3. The number of benzene rings is 1. The summed E-state index contributed by atoms with van der Waals surface area (Å²) in [5.74, 6) is -0.828. The number of nitrogens with zero attached hydrogens (tertiary/aromatic N) is 1. The topological polar surface area (TPSA) is 75.4 Å². The molecule has 0 atom stereocenters. The van der Waals surface area contributed by atoms with Crippen LogP contribution in [0, 0.1) is 5.82 Å². The minimum absolute atomic E-state index is 0.181. The monoisotopic (exact) mass is 351 g/mol. The largest absolute Gasteiger partial charge is 0.398 e. The molecule has 106 valence electrons. The molecule has 3 N–H and O–H groups in total. The van der Waals surface area contributed by atoms with Crippen molar-refractivity contribution in [2.45, 2.75) is 24.2 Å². The smallest absolute Gasteiger partial charge is 0.256 e. The number of sulfonamides is 1. The Hall–Kier alpha value is -0.700. The fourth-order valence-electron chi connectivity index (χ4n) is 1.96. The summed E-state index contributed by atoms with van der Waals surface area (Å²) in [7, 11) is -3.93. The highest BCUT2D eigenvalue weighted by Crippen LogP contribution is 2.26. The average molecular weight is 352 g/mol. The van der Waals surface area contributed by atoms with Gasteiger partial charge in [-0.2, -0.15) is 0 Å². The molecule has 1 aliphatic rings. The van der Waals surface area contributed by atoms with E-state index in [1.54, 1.807) is 5.01 Å². The summed E-state index contributed by atoms with van der Waals surface area (Å²) >= 11 is 3.05. The average Bonchev–Trinajstić information content (AvgIpc) is 2.34. The molecule has 1 heterocycles. The molecule has 1 saturated heterocycles. The summed E-state index contributed by atoms with van der Waals surface area (Å²) in [6.45, 7) is 1.26. The van der Waals surface area contributed by atoms with Crippen LogP contribution in [0.2, 0.25) is 0 Å². The van der Waals surface area contributed by atoms with Crippen LogP contribution in [0.4, 0.5) is 10.1 Å². The van der Waals surface area contributed by atoms with Gasteiger partial charge in [0.05, 0.1) is 0 Å². The van der Waals surface area contributed by atoms with Crippen molar-refractivity contribution in [1.29, 1.82) is 0 Å². The van der Waals surface area contributed by atoms with Gasteiger partial charge in [-0.3, -0.25) is 0 Å². The van der Waals surface area contributed by atoms with E-state index >= 15 is 0 Å². The normalized spacial score (nSPS) is 17.6. The number of hydrazine groups is 1. The molecular formula is C11H15BrFN3O2S. The van der Waals surface area contributed by atoms with Crippen molar-refractivity contribution >= 4 is 31.6 Å². The Morgan fingerprint density at radius 2 is 1.89 bits per heavy atom. The van der Waals surface area contributed by atoms with Crippen molar-refractivity contribution in [1.82, 2.24) is 9.84 Å². The Morgan fingerprint density at radius 1 is 1.26 bits per heavy atom. The lowest BCUT2D eigenvalue weighted by Crippen LogP contribution is -2.45. The highest BCUT2D eigenvalue weighted by molar-refractivity contribution is 9.10. The highest BCUT2D eigenvalue weighted by atomic mass is 79.9. The SMILES string of the molecule is Nc1cc(S(=O)(=O)NN2CCCCC2)c(F)cc1Br. The third-order valence-electron chi connectivity index (χ3n) is 2.95. The summed E-state index contributed by atoms with van der Waals surface area (Å²) in [5, 5.41) is 1.59. The fourth-order valence-corrected chi connectivity index (χ4v) is 3.49. The van der Waals surface area contributed by atoms with Crippen molar-refractivity contribution in [2.24, 2.45) is 0 Å². The number of piperidine rings is 1. The van der Waals surface area contributed by atoms with Crippen LogP contribution in [0.5, 0.6) is 0 Å². The molecule has 0 saturated carbocycles. The molecule has 0 aromatic heterocycles. The number of rotatable bonds is 3. The molecule has 0 amide bonds. The Bertz CT molecular complexity index is 574. The predicted molar refractivity (Wildman–Crippen MR) is 74.3 cm³/mol. The molecule has 1 aliphatic heterocycles. The van der Waals surface area contributed by atoms with Gasteiger partial charge in [-0.05, 0) is 40.9 Å². The number of nitrogens with two attached hydrogens (primary N) is 1. The van der Waals surface area contributed by atoms with Crippen molar-refractivity contribution in [3.8, 4) is 0 Å². The van der Waals surface area contributed by atoms with E-state index in [2.05, 4.69) is 20.8 Å². The van der Waals surface area contributed by atoms with Gasteiger partial charge in [0, 0.05) is 23.2 Å². The van der Waals surface area contributed by atoms with E-state index in [9.17, 15) is 12.8 Å². The summed E-state index contributed by atoms with van der Waals surface area (Å²) in [4.78, 5) is 1.96. The maximum absolute atomic E-state index is 13.8. The van der Waals surface area contributed by atoms with E-state index in [4.69, 9.17) is 5.73 Å². The number of halogens is 2. The third-order valence-corrected chi connectivity index (χ3v) is 5.02. The van der Waals surface area contributed by atoms with Gasteiger partial charge in [-0.1, -0.05) is 6.42 Å². The molecule has 0 aliphatic carbocycles. The lowest BCUT2D eigenvalue weighted by atomic mass is 10.2. The van der Waals surface area contributed by atoms with Crippen LogP contribution in [-0.4, -0.2) is 26.5 Å². The zero-order chi connectivity index (χ0) is 14.0. The van der Waals surface area contributed by atoms with Gasteiger partial charge in [0.1, 0.15) is 10.7 Å². The van der Waals surface area contributed by atoms with Gasteiger partial charge in [-0.25, -0.2) is 17.8 Å². The van der Waals surface area contributed by atoms with Gasteiger partial charge in [0.2, 0.25) is 0 Å². The molecule has 5 nitrogen and oxygen atoms in total.